The van der Waals surface area contributed by atoms with Crippen molar-refractivity contribution in [3.8, 4) is 0 Å². The van der Waals surface area contributed by atoms with E-state index >= 15 is 0 Å². The van der Waals surface area contributed by atoms with Gasteiger partial charge in [-0.15, -0.1) is 11.3 Å². The second kappa shape index (κ2) is 5.62. The van der Waals surface area contributed by atoms with Gasteiger partial charge >= 0.3 is 0 Å². The van der Waals surface area contributed by atoms with Crippen LogP contribution in [0, 0.1) is 0 Å². The molecule has 0 aromatic carbocycles. The van der Waals surface area contributed by atoms with Gasteiger partial charge in [-0.05, 0) is 54.1 Å². The maximum atomic E-state index is 3.63. The van der Waals surface area contributed by atoms with Gasteiger partial charge in [-0.1, -0.05) is 6.07 Å². The van der Waals surface area contributed by atoms with Crippen molar-refractivity contribution in [2.45, 2.75) is 32.4 Å². The molecular weight excluding hydrogens is 234 g/mol. The lowest BCUT2D eigenvalue weighted by Gasteiger charge is -2.18. The van der Waals surface area contributed by atoms with E-state index in [1.165, 1.54) is 10.4 Å². The van der Waals surface area contributed by atoms with Gasteiger partial charge < -0.3 is 5.32 Å². The fourth-order valence-electron chi connectivity index (χ4n) is 1.83. The highest BCUT2D eigenvalue weighted by atomic mass is 32.1. The highest BCUT2D eigenvalue weighted by molar-refractivity contribution is 7.09. The first-order valence-electron chi connectivity index (χ1n) is 5.56. The predicted molar refractivity (Wildman–Crippen MR) is 73.4 cm³/mol. The molecule has 0 bridgehead atoms. The Morgan fingerprint density at radius 1 is 1.25 bits per heavy atom. The van der Waals surface area contributed by atoms with E-state index < -0.39 is 0 Å². The Balaban J connectivity index is 1.85. The summed E-state index contributed by atoms with van der Waals surface area (Å²) in [6.07, 6.45) is 1.12. The molecule has 86 valence electrons. The van der Waals surface area contributed by atoms with Crippen molar-refractivity contribution in [2.24, 2.45) is 0 Å². The van der Waals surface area contributed by atoms with E-state index in [4.69, 9.17) is 0 Å². The van der Waals surface area contributed by atoms with Gasteiger partial charge in [0, 0.05) is 17.0 Å². The molecule has 0 aliphatic rings. The van der Waals surface area contributed by atoms with Crippen molar-refractivity contribution in [3.05, 3.63) is 44.8 Å². The van der Waals surface area contributed by atoms with Crippen LogP contribution in [0.4, 0.5) is 0 Å². The van der Waals surface area contributed by atoms with Crippen molar-refractivity contribution in [1.82, 2.24) is 5.32 Å². The quantitative estimate of drug-likeness (QED) is 0.844. The Kier molecular flexibility index (Phi) is 4.16. The predicted octanol–water partition coefficient (Wildman–Crippen LogP) is 4.09. The number of rotatable bonds is 5. The van der Waals surface area contributed by atoms with Gasteiger partial charge in [0.25, 0.3) is 0 Å². The molecule has 2 aromatic rings. The van der Waals surface area contributed by atoms with Crippen LogP contribution in [0.2, 0.25) is 0 Å². The number of nitrogens with one attached hydrogen (secondary N) is 1. The van der Waals surface area contributed by atoms with Crippen molar-refractivity contribution in [1.29, 1.82) is 0 Å². The van der Waals surface area contributed by atoms with E-state index in [2.05, 4.69) is 53.5 Å². The molecule has 2 rings (SSSR count). The topological polar surface area (TPSA) is 12.0 Å². The Morgan fingerprint density at radius 2 is 2.12 bits per heavy atom. The highest BCUT2D eigenvalue weighted by Crippen LogP contribution is 2.17. The van der Waals surface area contributed by atoms with Gasteiger partial charge in [-0.2, -0.15) is 11.3 Å². The summed E-state index contributed by atoms with van der Waals surface area (Å²) in [6, 6.07) is 7.49. The normalized spacial score (nSPS) is 14.9. The summed E-state index contributed by atoms with van der Waals surface area (Å²) in [5, 5.41) is 10.1. The lowest BCUT2D eigenvalue weighted by atomic mass is 10.1. The molecule has 0 saturated carbocycles. The fourth-order valence-corrected chi connectivity index (χ4v) is 3.42. The first kappa shape index (κ1) is 11.8. The Hall–Kier alpha value is -0.640. The summed E-state index contributed by atoms with van der Waals surface area (Å²) >= 11 is 3.60. The summed E-state index contributed by atoms with van der Waals surface area (Å²) in [5.41, 5.74) is 1.39. The molecule has 2 aromatic heterocycles. The van der Waals surface area contributed by atoms with Crippen LogP contribution in [-0.2, 0) is 6.42 Å². The van der Waals surface area contributed by atoms with E-state index in [9.17, 15) is 0 Å². The van der Waals surface area contributed by atoms with Crippen LogP contribution in [0.1, 0.15) is 30.3 Å². The molecular formula is C13H17NS2. The Labute approximate surface area is 105 Å². The molecule has 0 aliphatic carbocycles. The van der Waals surface area contributed by atoms with E-state index in [-0.39, 0.29) is 0 Å². The van der Waals surface area contributed by atoms with Gasteiger partial charge in [-0.3, -0.25) is 0 Å². The van der Waals surface area contributed by atoms with Crippen LogP contribution in [0.5, 0.6) is 0 Å². The molecule has 1 N–H and O–H groups in total. The van der Waals surface area contributed by atoms with E-state index in [0.29, 0.717) is 12.1 Å². The lowest BCUT2D eigenvalue weighted by Crippen LogP contribution is -2.30. The molecule has 0 aliphatic heterocycles. The zero-order chi connectivity index (χ0) is 11.4. The van der Waals surface area contributed by atoms with E-state index in [1.807, 2.05) is 11.3 Å². The third kappa shape index (κ3) is 3.17. The molecule has 0 saturated heterocycles. The first-order chi connectivity index (χ1) is 7.75. The third-order valence-electron chi connectivity index (χ3n) is 2.67. The maximum absolute atomic E-state index is 3.63. The summed E-state index contributed by atoms with van der Waals surface area (Å²) in [4.78, 5) is 1.46. The summed E-state index contributed by atoms with van der Waals surface area (Å²) < 4.78 is 0. The summed E-state index contributed by atoms with van der Waals surface area (Å²) in [6.45, 7) is 4.48. The average molecular weight is 251 g/mol. The largest absolute Gasteiger partial charge is 0.307 e. The van der Waals surface area contributed by atoms with Crippen LogP contribution in [-0.4, -0.2) is 6.04 Å². The number of thiophene rings is 2. The molecule has 3 heteroatoms. The SMILES string of the molecule is CC(Cc1cccs1)NC(C)c1ccsc1. The molecule has 2 heterocycles. The molecule has 0 spiro atoms. The van der Waals surface area contributed by atoms with Crippen molar-refractivity contribution in [3.63, 3.8) is 0 Å². The molecule has 2 unspecified atom stereocenters. The average Bonchev–Trinajstić information content (AvgIpc) is 2.88. The van der Waals surface area contributed by atoms with Gasteiger partial charge in [-0.25, -0.2) is 0 Å². The number of hydrogen-bond donors (Lipinski definition) is 1. The smallest absolute Gasteiger partial charge is 0.0302 e. The Bertz CT molecular complexity index is 392. The van der Waals surface area contributed by atoms with Crippen LogP contribution < -0.4 is 5.32 Å². The van der Waals surface area contributed by atoms with Gasteiger partial charge in [0.15, 0.2) is 0 Å². The van der Waals surface area contributed by atoms with E-state index in [0.717, 1.165) is 6.42 Å². The molecule has 0 radical (unpaired) electrons. The standard InChI is InChI=1S/C13H17NS2/c1-10(8-13-4-3-6-16-13)14-11(2)12-5-7-15-9-12/h3-7,9-11,14H,8H2,1-2H3. The van der Waals surface area contributed by atoms with Crippen LogP contribution in [0.3, 0.4) is 0 Å². The zero-order valence-corrected chi connectivity index (χ0v) is 11.3. The third-order valence-corrected chi connectivity index (χ3v) is 4.27. The minimum atomic E-state index is 0.446. The van der Waals surface area contributed by atoms with Crippen LogP contribution >= 0.6 is 22.7 Å². The summed E-state index contributed by atoms with van der Waals surface area (Å²) in [5.74, 6) is 0. The summed E-state index contributed by atoms with van der Waals surface area (Å²) in [7, 11) is 0. The Morgan fingerprint density at radius 3 is 2.75 bits per heavy atom. The molecule has 0 fully saturated rings. The highest BCUT2D eigenvalue weighted by Gasteiger charge is 2.10. The van der Waals surface area contributed by atoms with Crippen LogP contribution in [0.15, 0.2) is 34.3 Å². The molecule has 2 atom stereocenters. The van der Waals surface area contributed by atoms with Crippen molar-refractivity contribution in [2.75, 3.05) is 0 Å². The maximum Gasteiger partial charge on any atom is 0.0302 e. The fraction of sp³-hybridized carbons (Fsp3) is 0.385. The lowest BCUT2D eigenvalue weighted by molar-refractivity contribution is 0.480. The molecule has 16 heavy (non-hydrogen) atoms. The second-order valence-electron chi connectivity index (χ2n) is 4.13. The van der Waals surface area contributed by atoms with Gasteiger partial charge in [0.2, 0.25) is 0 Å². The molecule has 1 nitrogen and oxygen atoms in total. The minimum Gasteiger partial charge on any atom is -0.307 e. The monoisotopic (exact) mass is 251 g/mol. The van der Waals surface area contributed by atoms with Crippen molar-refractivity contribution < 1.29 is 0 Å². The first-order valence-corrected chi connectivity index (χ1v) is 7.38. The van der Waals surface area contributed by atoms with Gasteiger partial charge in [0.05, 0.1) is 0 Å². The van der Waals surface area contributed by atoms with Crippen LogP contribution in [0.25, 0.3) is 0 Å². The second-order valence-corrected chi connectivity index (χ2v) is 5.94. The number of hydrogen-bond acceptors (Lipinski definition) is 3. The molecule has 0 amide bonds. The zero-order valence-electron chi connectivity index (χ0n) is 9.64. The minimum absolute atomic E-state index is 0.446. The van der Waals surface area contributed by atoms with Gasteiger partial charge in [0.1, 0.15) is 0 Å². The van der Waals surface area contributed by atoms with E-state index in [1.54, 1.807) is 11.3 Å². The van der Waals surface area contributed by atoms with Crippen molar-refractivity contribution >= 4 is 22.7 Å².